The van der Waals surface area contributed by atoms with Crippen molar-refractivity contribution in [3.63, 3.8) is 0 Å². The highest BCUT2D eigenvalue weighted by molar-refractivity contribution is 7.89. The van der Waals surface area contributed by atoms with E-state index in [1.165, 1.54) is 0 Å². The maximum atomic E-state index is 12.5. The number of thiophene rings is 1. The van der Waals surface area contributed by atoms with Gasteiger partial charge >= 0.3 is 0 Å². The fraction of sp³-hybridized carbons (Fsp3) is 0.389. The van der Waals surface area contributed by atoms with Gasteiger partial charge in [-0.1, -0.05) is 18.2 Å². The molecule has 0 spiro atoms. The SMILES string of the molecule is O=C(CCc1ccc(S(=O)(=O)N2CCCC2)cc1)NCc1cccs1. The predicted molar refractivity (Wildman–Crippen MR) is 98.9 cm³/mol. The quantitative estimate of drug-likeness (QED) is 0.806. The summed E-state index contributed by atoms with van der Waals surface area (Å²) in [6, 6.07) is 10.8. The molecule has 7 heteroatoms. The van der Waals surface area contributed by atoms with Crippen LogP contribution in [-0.2, 0) is 27.8 Å². The molecule has 2 heterocycles. The van der Waals surface area contributed by atoms with Gasteiger partial charge in [0.1, 0.15) is 0 Å². The summed E-state index contributed by atoms with van der Waals surface area (Å²) in [6.07, 6.45) is 2.85. The number of carbonyl (C=O) groups excluding carboxylic acids is 1. The van der Waals surface area contributed by atoms with Gasteiger partial charge in [-0.15, -0.1) is 11.3 Å². The van der Waals surface area contributed by atoms with Gasteiger partial charge in [0.15, 0.2) is 0 Å². The molecule has 1 fully saturated rings. The predicted octanol–water partition coefficient (Wildman–Crippen LogP) is 2.78. The molecule has 1 aromatic heterocycles. The van der Waals surface area contributed by atoms with Crippen molar-refractivity contribution in [1.82, 2.24) is 9.62 Å². The molecule has 1 aliphatic heterocycles. The number of aryl methyl sites for hydroxylation is 1. The summed E-state index contributed by atoms with van der Waals surface area (Å²) in [7, 11) is -3.37. The fourth-order valence-electron chi connectivity index (χ4n) is 2.85. The molecule has 1 amide bonds. The van der Waals surface area contributed by atoms with Crippen molar-refractivity contribution in [1.29, 1.82) is 0 Å². The third kappa shape index (κ3) is 4.68. The molecule has 0 atom stereocenters. The van der Waals surface area contributed by atoms with Gasteiger partial charge in [-0.2, -0.15) is 4.31 Å². The van der Waals surface area contributed by atoms with Gasteiger partial charge in [0.05, 0.1) is 11.4 Å². The molecule has 1 aliphatic rings. The van der Waals surface area contributed by atoms with E-state index in [1.807, 2.05) is 17.5 Å². The van der Waals surface area contributed by atoms with Gasteiger partial charge < -0.3 is 5.32 Å². The molecule has 3 rings (SSSR count). The van der Waals surface area contributed by atoms with E-state index in [4.69, 9.17) is 0 Å². The lowest BCUT2D eigenvalue weighted by molar-refractivity contribution is -0.121. The van der Waals surface area contributed by atoms with Crippen molar-refractivity contribution in [2.75, 3.05) is 13.1 Å². The summed E-state index contributed by atoms with van der Waals surface area (Å²) in [4.78, 5) is 13.4. The van der Waals surface area contributed by atoms with Gasteiger partial charge in [-0.05, 0) is 48.4 Å². The second-order valence-electron chi connectivity index (χ2n) is 6.11. The van der Waals surface area contributed by atoms with Crippen LogP contribution < -0.4 is 5.32 Å². The van der Waals surface area contributed by atoms with Gasteiger partial charge in [-0.25, -0.2) is 8.42 Å². The number of benzene rings is 1. The molecule has 2 aromatic rings. The average molecular weight is 379 g/mol. The first-order valence-corrected chi connectivity index (χ1v) is 10.8. The van der Waals surface area contributed by atoms with Crippen LogP contribution in [0.25, 0.3) is 0 Å². The normalized spacial score (nSPS) is 15.4. The summed E-state index contributed by atoms with van der Waals surface area (Å²) in [5.74, 6) is 0.00200. The van der Waals surface area contributed by atoms with Crippen molar-refractivity contribution in [2.45, 2.75) is 37.1 Å². The number of hydrogen-bond donors (Lipinski definition) is 1. The Labute approximate surface area is 152 Å². The number of hydrogen-bond acceptors (Lipinski definition) is 4. The zero-order chi connectivity index (χ0) is 17.7. The number of rotatable bonds is 7. The summed E-state index contributed by atoms with van der Waals surface area (Å²) in [6.45, 7) is 1.77. The highest BCUT2D eigenvalue weighted by Gasteiger charge is 2.26. The number of sulfonamides is 1. The van der Waals surface area contributed by atoms with Crippen LogP contribution in [0.4, 0.5) is 0 Å². The Morgan fingerprint density at radius 2 is 1.84 bits per heavy atom. The van der Waals surface area contributed by atoms with Crippen molar-refractivity contribution >= 4 is 27.3 Å². The lowest BCUT2D eigenvalue weighted by atomic mass is 10.1. The molecule has 5 nitrogen and oxygen atoms in total. The fourth-order valence-corrected chi connectivity index (χ4v) is 5.01. The van der Waals surface area contributed by atoms with E-state index in [2.05, 4.69) is 5.32 Å². The largest absolute Gasteiger partial charge is 0.351 e. The smallest absolute Gasteiger partial charge is 0.243 e. The van der Waals surface area contributed by atoms with E-state index < -0.39 is 10.0 Å². The standard InChI is InChI=1S/C18H22N2O3S2/c21-18(19-14-16-4-3-13-24-16)10-7-15-5-8-17(9-6-15)25(22,23)20-11-1-2-12-20/h3-6,8-9,13H,1-2,7,10-12,14H2,(H,19,21). The van der Waals surface area contributed by atoms with Crippen molar-refractivity contribution < 1.29 is 13.2 Å². The first kappa shape index (κ1) is 18.1. The van der Waals surface area contributed by atoms with Crippen LogP contribution >= 0.6 is 11.3 Å². The minimum atomic E-state index is -3.37. The molecular weight excluding hydrogens is 356 g/mol. The molecule has 0 radical (unpaired) electrons. The molecule has 0 bridgehead atoms. The topological polar surface area (TPSA) is 66.5 Å². The maximum Gasteiger partial charge on any atom is 0.243 e. The monoisotopic (exact) mass is 378 g/mol. The summed E-state index contributed by atoms with van der Waals surface area (Å²) in [5, 5.41) is 4.88. The third-order valence-corrected chi connectivity index (χ3v) is 7.10. The maximum absolute atomic E-state index is 12.5. The summed E-state index contributed by atoms with van der Waals surface area (Å²) >= 11 is 1.62. The number of carbonyl (C=O) groups is 1. The summed E-state index contributed by atoms with van der Waals surface area (Å²) < 4.78 is 26.5. The van der Waals surface area contributed by atoms with Gasteiger partial charge in [0.25, 0.3) is 0 Å². The van der Waals surface area contributed by atoms with E-state index in [1.54, 1.807) is 39.9 Å². The van der Waals surface area contributed by atoms with Crippen LogP contribution in [0.2, 0.25) is 0 Å². The Morgan fingerprint density at radius 3 is 2.48 bits per heavy atom. The highest BCUT2D eigenvalue weighted by Crippen LogP contribution is 2.21. The van der Waals surface area contributed by atoms with Gasteiger partial charge in [0.2, 0.25) is 15.9 Å². The molecule has 0 aliphatic carbocycles. The molecule has 134 valence electrons. The molecular formula is C18H22N2O3S2. The minimum absolute atomic E-state index is 0.00200. The minimum Gasteiger partial charge on any atom is -0.351 e. The van der Waals surface area contributed by atoms with E-state index in [-0.39, 0.29) is 5.91 Å². The summed E-state index contributed by atoms with van der Waals surface area (Å²) in [5.41, 5.74) is 0.964. The Kier molecular flexibility index (Phi) is 5.88. The molecule has 1 N–H and O–H groups in total. The van der Waals surface area contributed by atoms with Crippen LogP contribution in [0, 0.1) is 0 Å². The van der Waals surface area contributed by atoms with Crippen LogP contribution in [0.3, 0.4) is 0 Å². The third-order valence-electron chi connectivity index (χ3n) is 4.31. The van der Waals surface area contributed by atoms with Crippen LogP contribution in [-0.4, -0.2) is 31.7 Å². The molecule has 25 heavy (non-hydrogen) atoms. The lowest BCUT2D eigenvalue weighted by Gasteiger charge is -2.15. The molecule has 1 aromatic carbocycles. The zero-order valence-corrected chi connectivity index (χ0v) is 15.6. The van der Waals surface area contributed by atoms with E-state index in [0.717, 1.165) is 23.3 Å². The number of amides is 1. The van der Waals surface area contributed by atoms with E-state index >= 15 is 0 Å². The first-order chi connectivity index (χ1) is 12.1. The Morgan fingerprint density at radius 1 is 1.12 bits per heavy atom. The van der Waals surface area contributed by atoms with Crippen molar-refractivity contribution in [3.8, 4) is 0 Å². The van der Waals surface area contributed by atoms with Crippen LogP contribution in [0.1, 0.15) is 29.7 Å². The van der Waals surface area contributed by atoms with Gasteiger partial charge in [-0.3, -0.25) is 4.79 Å². The second kappa shape index (κ2) is 8.12. The highest BCUT2D eigenvalue weighted by atomic mass is 32.2. The molecule has 0 saturated carbocycles. The number of nitrogens with zero attached hydrogens (tertiary/aromatic N) is 1. The second-order valence-corrected chi connectivity index (χ2v) is 9.08. The average Bonchev–Trinajstić information content (AvgIpc) is 3.32. The lowest BCUT2D eigenvalue weighted by Crippen LogP contribution is -2.27. The Balaban J connectivity index is 1.51. The van der Waals surface area contributed by atoms with E-state index in [9.17, 15) is 13.2 Å². The van der Waals surface area contributed by atoms with E-state index in [0.29, 0.717) is 37.4 Å². The first-order valence-electron chi connectivity index (χ1n) is 8.44. The molecule has 0 unspecified atom stereocenters. The number of nitrogens with one attached hydrogen (secondary N) is 1. The van der Waals surface area contributed by atoms with Crippen LogP contribution in [0.5, 0.6) is 0 Å². The molecule has 1 saturated heterocycles. The van der Waals surface area contributed by atoms with Gasteiger partial charge in [0, 0.05) is 24.4 Å². The van der Waals surface area contributed by atoms with Crippen molar-refractivity contribution in [2.24, 2.45) is 0 Å². The zero-order valence-electron chi connectivity index (χ0n) is 14.0. The Hall–Kier alpha value is -1.70. The Bertz CT molecular complexity index is 793. The van der Waals surface area contributed by atoms with Crippen LogP contribution in [0.15, 0.2) is 46.7 Å². The van der Waals surface area contributed by atoms with Crippen molar-refractivity contribution in [3.05, 3.63) is 52.2 Å².